The van der Waals surface area contributed by atoms with Crippen LogP contribution >= 0.6 is 65.9 Å². The van der Waals surface area contributed by atoms with Crippen LogP contribution in [-0.4, -0.2) is 17.5 Å². The topological polar surface area (TPSA) is 34.1 Å². The fourth-order valence-corrected chi connectivity index (χ4v) is 9.67. The van der Waals surface area contributed by atoms with Crippen molar-refractivity contribution >= 4 is 77.4 Å². The average molecular weight is 679 g/mol. The molecule has 3 aromatic rings. The van der Waals surface area contributed by atoms with Crippen LogP contribution < -0.4 is 0 Å². The van der Waals surface area contributed by atoms with Gasteiger partial charge < -0.3 is 0 Å². The predicted octanol–water partition coefficient (Wildman–Crippen LogP) is 11.0. The number of halogens is 4. The van der Waals surface area contributed by atoms with Crippen molar-refractivity contribution in [1.82, 2.24) is 0 Å². The molecule has 0 aromatic carbocycles. The normalized spacial score (nSPS) is 14.7. The van der Waals surface area contributed by atoms with Gasteiger partial charge >= 0.3 is 5.92 Å². The van der Waals surface area contributed by atoms with E-state index in [4.69, 9.17) is 0 Å². The quantitative estimate of drug-likeness (QED) is 0.141. The molecule has 0 amide bonds. The molecular formula is C27H28Br2F2O2S3. The summed E-state index contributed by atoms with van der Waals surface area (Å²) in [5.41, 5.74) is 1.91. The number of hydrogen-bond donors (Lipinski definition) is 0. The van der Waals surface area contributed by atoms with Crippen molar-refractivity contribution in [2.24, 2.45) is 0 Å². The second kappa shape index (κ2) is 12.0. The van der Waals surface area contributed by atoms with Crippen molar-refractivity contribution in [1.29, 1.82) is 0 Å². The van der Waals surface area contributed by atoms with Crippen molar-refractivity contribution in [2.45, 2.75) is 84.0 Å². The maximum absolute atomic E-state index is 14.8. The second-order valence-corrected chi connectivity index (χ2v) is 15.1. The van der Waals surface area contributed by atoms with Gasteiger partial charge in [0.25, 0.3) is 0 Å². The van der Waals surface area contributed by atoms with Gasteiger partial charge in [0.2, 0.25) is 11.6 Å². The van der Waals surface area contributed by atoms with Crippen molar-refractivity contribution < 1.29 is 18.4 Å². The van der Waals surface area contributed by atoms with Crippen LogP contribution in [0.3, 0.4) is 0 Å². The molecule has 1 aliphatic carbocycles. The minimum Gasteiger partial charge on any atom is -0.287 e. The van der Waals surface area contributed by atoms with Crippen LogP contribution in [0.15, 0.2) is 19.7 Å². The van der Waals surface area contributed by atoms with Crippen molar-refractivity contribution in [2.75, 3.05) is 0 Å². The largest absolute Gasteiger partial charge is 0.371 e. The highest BCUT2D eigenvalue weighted by Crippen LogP contribution is 2.54. The molecule has 0 saturated heterocycles. The SMILES string of the molecule is CCCCCCc1cc(Br)sc1-c1sc(-c2sc(Br)cc2CCCCCC)c2c1C(=O)C(F)(F)C2=O. The van der Waals surface area contributed by atoms with Crippen LogP contribution in [0.2, 0.25) is 0 Å². The molecule has 4 rings (SSSR count). The van der Waals surface area contributed by atoms with Gasteiger partial charge in [-0.25, -0.2) is 0 Å². The van der Waals surface area contributed by atoms with Gasteiger partial charge in [-0.05, 0) is 80.8 Å². The Bertz CT molecular complexity index is 1180. The third-order valence-corrected chi connectivity index (χ3v) is 11.4. The molecule has 194 valence electrons. The van der Waals surface area contributed by atoms with Gasteiger partial charge in [-0.1, -0.05) is 52.4 Å². The standard InChI is InChI=1S/C27H28Br2F2O2S3/c1-3-5-7-9-11-15-13-17(28)34-21(15)23-19-20(26(33)27(30,31)25(19)32)24(36-23)22-16(14-18(29)35-22)12-10-8-6-4-2/h13-14H,3-12H2,1-2H3. The summed E-state index contributed by atoms with van der Waals surface area (Å²) in [5, 5.41) is 0. The van der Waals surface area contributed by atoms with Crippen LogP contribution in [-0.2, 0) is 12.8 Å². The number of rotatable bonds is 12. The third kappa shape index (κ3) is 5.51. The summed E-state index contributed by atoms with van der Waals surface area (Å²) < 4.78 is 31.4. The number of unbranched alkanes of at least 4 members (excludes halogenated alkanes) is 6. The lowest BCUT2D eigenvalue weighted by Crippen LogP contribution is -2.30. The van der Waals surface area contributed by atoms with Crippen molar-refractivity contribution in [3.8, 4) is 19.5 Å². The van der Waals surface area contributed by atoms with Crippen LogP contribution in [0.1, 0.15) is 97.1 Å². The highest BCUT2D eigenvalue weighted by Gasteiger charge is 2.58. The van der Waals surface area contributed by atoms with Crippen LogP contribution in [0.25, 0.3) is 19.5 Å². The molecule has 3 aromatic heterocycles. The van der Waals surface area contributed by atoms with E-state index in [0.717, 1.165) is 92.7 Å². The maximum Gasteiger partial charge on any atom is 0.371 e. The van der Waals surface area contributed by atoms with E-state index in [1.807, 2.05) is 12.1 Å². The molecule has 0 radical (unpaired) electrons. The predicted molar refractivity (Wildman–Crippen MR) is 156 cm³/mol. The summed E-state index contributed by atoms with van der Waals surface area (Å²) >= 11 is 11.3. The van der Waals surface area contributed by atoms with Gasteiger partial charge in [0, 0.05) is 9.75 Å². The van der Waals surface area contributed by atoms with E-state index in [1.165, 1.54) is 34.0 Å². The van der Waals surface area contributed by atoms with Gasteiger partial charge in [0.1, 0.15) is 0 Å². The van der Waals surface area contributed by atoms with Gasteiger partial charge in [0.05, 0.1) is 28.5 Å². The lowest BCUT2D eigenvalue weighted by Gasteiger charge is -2.08. The number of carbonyl (C=O) groups is 2. The molecular weight excluding hydrogens is 650 g/mol. The van der Waals surface area contributed by atoms with E-state index in [-0.39, 0.29) is 11.1 Å². The maximum atomic E-state index is 14.8. The van der Waals surface area contributed by atoms with E-state index < -0.39 is 17.5 Å². The first-order valence-corrected chi connectivity index (χ1v) is 16.5. The smallest absolute Gasteiger partial charge is 0.287 e. The highest BCUT2D eigenvalue weighted by atomic mass is 79.9. The van der Waals surface area contributed by atoms with E-state index in [0.29, 0.717) is 9.75 Å². The summed E-state index contributed by atoms with van der Waals surface area (Å²) in [4.78, 5) is 28.6. The number of Topliss-reactive ketones (excluding diaryl/α,β-unsaturated/α-hetero) is 2. The zero-order chi connectivity index (χ0) is 26.0. The van der Waals surface area contributed by atoms with E-state index in [2.05, 4.69) is 45.7 Å². The molecule has 0 aliphatic heterocycles. The Balaban J connectivity index is 1.82. The van der Waals surface area contributed by atoms with Gasteiger partial charge in [-0.2, -0.15) is 8.78 Å². The molecule has 0 spiro atoms. The van der Waals surface area contributed by atoms with Gasteiger partial charge in [-0.3, -0.25) is 9.59 Å². The first kappa shape index (κ1) is 28.3. The fraction of sp³-hybridized carbons (Fsp3) is 0.481. The molecule has 2 nitrogen and oxygen atoms in total. The van der Waals surface area contributed by atoms with Crippen molar-refractivity contribution in [3.63, 3.8) is 0 Å². The highest BCUT2D eigenvalue weighted by molar-refractivity contribution is 9.11. The number of carbonyl (C=O) groups excluding carboxylic acids is 2. The summed E-state index contributed by atoms with van der Waals surface area (Å²) in [5.74, 6) is -6.73. The van der Waals surface area contributed by atoms with Crippen LogP contribution in [0.4, 0.5) is 8.78 Å². The Morgan fingerprint density at radius 2 is 1.08 bits per heavy atom. The number of fused-ring (bicyclic) bond motifs is 1. The molecule has 0 fully saturated rings. The van der Waals surface area contributed by atoms with Gasteiger partial charge in [0.15, 0.2) is 0 Å². The molecule has 3 heterocycles. The first-order chi connectivity index (χ1) is 17.2. The Labute approximate surface area is 239 Å². The Morgan fingerprint density at radius 3 is 1.47 bits per heavy atom. The van der Waals surface area contributed by atoms with Crippen molar-refractivity contribution in [3.05, 3.63) is 42.0 Å². The summed E-state index contributed by atoms with van der Waals surface area (Å²) in [6, 6.07) is 4.05. The summed E-state index contributed by atoms with van der Waals surface area (Å²) in [7, 11) is 0. The number of alkyl halides is 2. The molecule has 36 heavy (non-hydrogen) atoms. The van der Waals surface area contributed by atoms with E-state index in [1.54, 1.807) is 0 Å². The molecule has 0 unspecified atom stereocenters. The molecule has 0 bridgehead atoms. The molecule has 0 atom stereocenters. The average Bonchev–Trinajstić information content (AvgIpc) is 3.55. The number of aryl methyl sites for hydroxylation is 2. The fourth-order valence-electron chi connectivity index (χ4n) is 4.63. The number of thiophene rings is 3. The minimum absolute atomic E-state index is 0.0874. The lowest BCUT2D eigenvalue weighted by molar-refractivity contribution is 0.0189. The monoisotopic (exact) mass is 676 g/mol. The van der Waals surface area contributed by atoms with E-state index >= 15 is 0 Å². The Morgan fingerprint density at radius 1 is 0.667 bits per heavy atom. The van der Waals surface area contributed by atoms with E-state index in [9.17, 15) is 18.4 Å². The Hall–Kier alpha value is -0.740. The van der Waals surface area contributed by atoms with Crippen LogP contribution in [0.5, 0.6) is 0 Å². The molecule has 1 aliphatic rings. The van der Waals surface area contributed by atoms with Crippen LogP contribution in [0, 0.1) is 0 Å². The minimum atomic E-state index is -4.01. The molecule has 0 saturated carbocycles. The number of hydrogen-bond acceptors (Lipinski definition) is 5. The zero-order valence-corrected chi connectivity index (χ0v) is 25.9. The Kier molecular flexibility index (Phi) is 9.40. The number of ketones is 2. The lowest BCUT2D eigenvalue weighted by atomic mass is 10.0. The summed E-state index contributed by atoms with van der Waals surface area (Å²) in [6.45, 7) is 4.32. The first-order valence-electron chi connectivity index (χ1n) is 12.4. The second-order valence-electron chi connectivity index (χ2n) is 9.17. The molecule has 0 N–H and O–H groups in total. The third-order valence-electron chi connectivity index (χ3n) is 6.50. The van der Waals surface area contributed by atoms with Gasteiger partial charge in [-0.15, -0.1) is 34.0 Å². The zero-order valence-electron chi connectivity index (χ0n) is 20.3. The summed E-state index contributed by atoms with van der Waals surface area (Å²) in [6.07, 6.45) is 10.3. The molecule has 9 heteroatoms.